The number of pyridine rings is 1. The minimum Gasteiger partial charge on any atom is -0.481 e. The van der Waals surface area contributed by atoms with Gasteiger partial charge in [-0.05, 0) is 37.5 Å². The second kappa shape index (κ2) is 15.6. The molecule has 12 heteroatoms. The summed E-state index contributed by atoms with van der Waals surface area (Å²) in [7, 11) is 0. The number of aliphatic hydroxyl groups excluding tert-OH is 1. The number of thioether (sulfide) groups is 1. The number of carboxylic acid groups (broad SMARTS) is 1. The number of rotatable bonds is 15. The van der Waals surface area contributed by atoms with E-state index in [1.54, 1.807) is 21.6 Å². The van der Waals surface area contributed by atoms with Crippen LogP contribution in [0.2, 0.25) is 0 Å². The van der Waals surface area contributed by atoms with Crippen LogP contribution in [0.3, 0.4) is 0 Å². The first-order chi connectivity index (χ1) is 20.3. The van der Waals surface area contributed by atoms with Crippen LogP contribution in [0.4, 0.5) is 5.82 Å². The van der Waals surface area contributed by atoms with E-state index in [2.05, 4.69) is 9.80 Å². The van der Waals surface area contributed by atoms with Crippen molar-refractivity contribution in [2.24, 2.45) is 0 Å². The SMILES string of the molecule is Cc1cccn2c(=O)c(/C=C3/SC(=S)N(CCCCCCCCCCC(=O)O)C3=O)c(N3CCN(CCO)CC3)nc12. The maximum atomic E-state index is 13.8. The first-order valence-corrected chi connectivity index (χ1v) is 16.1. The molecule has 2 fully saturated rings. The van der Waals surface area contributed by atoms with Gasteiger partial charge in [-0.3, -0.25) is 28.6 Å². The van der Waals surface area contributed by atoms with Gasteiger partial charge in [0.05, 0.1) is 17.1 Å². The molecule has 4 heterocycles. The Labute approximate surface area is 256 Å². The maximum Gasteiger partial charge on any atom is 0.303 e. The van der Waals surface area contributed by atoms with Crippen molar-refractivity contribution in [3.63, 3.8) is 0 Å². The molecule has 228 valence electrons. The number of unbranched alkanes of at least 4 members (excludes halogenated alkanes) is 7. The lowest BCUT2D eigenvalue weighted by Crippen LogP contribution is -2.48. The number of aliphatic hydroxyl groups is 1. The predicted molar refractivity (Wildman–Crippen MR) is 171 cm³/mol. The second-order valence-corrected chi connectivity index (χ2v) is 12.6. The first-order valence-electron chi connectivity index (χ1n) is 14.9. The molecule has 0 aromatic carbocycles. The van der Waals surface area contributed by atoms with Crippen molar-refractivity contribution < 1.29 is 19.8 Å². The highest BCUT2D eigenvalue weighted by Crippen LogP contribution is 2.34. The van der Waals surface area contributed by atoms with Gasteiger partial charge in [0.25, 0.3) is 11.5 Å². The van der Waals surface area contributed by atoms with Gasteiger partial charge in [-0.2, -0.15) is 0 Å². The number of aliphatic carboxylic acids is 1. The molecule has 2 aromatic heterocycles. The molecule has 0 saturated carbocycles. The molecule has 2 aliphatic heterocycles. The third-order valence-corrected chi connectivity index (χ3v) is 9.20. The van der Waals surface area contributed by atoms with Gasteiger partial charge in [0.1, 0.15) is 15.8 Å². The number of piperazine rings is 1. The number of amides is 1. The zero-order valence-corrected chi connectivity index (χ0v) is 25.9. The lowest BCUT2D eigenvalue weighted by molar-refractivity contribution is -0.137. The van der Waals surface area contributed by atoms with E-state index < -0.39 is 5.97 Å². The summed E-state index contributed by atoms with van der Waals surface area (Å²) in [6, 6.07) is 3.75. The van der Waals surface area contributed by atoms with E-state index in [1.165, 1.54) is 11.8 Å². The van der Waals surface area contributed by atoms with Crippen LogP contribution in [0.5, 0.6) is 0 Å². The van der Waals surface area contributed by atoms with Gasteiger partial charge < -0.3 is 15.1 Å². The third-order valence-electron chi connectivity index (χ3n) is 7.82. The fourth-order valence-electron chi connectivity index (χ4n) is 5.42. The predicted octanol–water partition coefficient (Wildman–Crippen LogP) is 3.91. The number of aromatic nitrogens is 2. The van der Waals surface area contributed by atoms with E-state index in [-0.39, 0.29) is 24.5 Å². The number of aryl methyl sites for hydroxylation is 1. The van der Waals surface area contributed by atoms with E-state index >= 15 is 0 Å². The quantitative estimate of drug-likeness (QED) is 0.173. The summed E-state index contributed by atoms with van der Waals surface area (Å²) < 4.78 is 2.05. The highest BCUT2D eigenvalue weighted by Gasteiger charge is 2.33. The molecule has 0 atom stereocenters. The van der Waals surface area contributed by atoms with Crippen LogP contribution >= 0.6 is 24.0 Å². The lowest BCUT2D eigenvalue weighted by atomic mass is 10.1. The monoisotopic (exact) mass is 615 g/mol. The Bertz CT molecular complexity index is 1370. The molecule has 2 N–H and O–H groups in total. The minimum atomic E-state index is -0.731. The number of thiocarbonyl (C=S) groups is 1. The molecular formula is C30H41N5O5S2. The Morgan fingerprint density at radius 1 is 1.02 bits per heavy atom. The zero-order chi connectivity index (χ0) is 30.1. The Kier molecular flexibility index (Phi) is 11.9. The zero-order valence-electron chi connectivity index (χ0n) is 24.3. The molecule has 4 rings (SSSR count). The molecule has 0 radical (unpaired) electrons. The van der Waals surface area contributed by atoms with Crippen molar-refractivity contribution in [3.8, 4) is 0 Å². The molecule has 0 aliphatic carbocycles. The average molecular weight is 616 g/mol. The minimum absolute atomic E-state index is 0.109. The Morgan fingerprint density at radius 2 is 1.69 bits per heavy atom. The van der Waals surface area contributed by atoms with Crippen LogP contribution in [0, 0.1) is 6.92 Å². The molecule has 2 aromatic rings. The Balaban J connectivity index is 1.42. The summed E-state index contributed by atoms with van der Waals surface area (Å²) in [6.45, 7) is 6.04. The largest absolute Gasteiger partial charge is 0.481 e. The summed E-state index contributed by atoms with van der Waals surface area (Å²) >= 11 is 6.80. The Morgan fingerprint density at radius 3 is 2.36 bits per heavy atom. The van der Waals surface area contributed by atoms with E-state index in [1.807, 2.05) is 19.1 Å². The van der Waals surface area contributed by atoms with Crippen molar-refractivity contribution >= 4 is 57.7 Å². The highest BCUT2D eigenvalue weighted by molar-refractivity contribution is 8.26. The van der Waals surface area contributed by atoms with E-state index in [9.17, 15) is 19.5 Å². The number of nitrogens with zero attached hydrogens (tertiary/aromatic N) is 5. The highest BCUT2D eigenvalue weighted by atomic mass is 32.2. The van der Waals surface area contributed by atoms with Crippen LogP contribution in [0.25, 0.3) is 11.7 Å². The van der Waals surface area contributed by atoms with Gasteiger partial charge in [0.2, 0.25) is 0 Å². The van der Waals surface area contributed by atoms with Crippen molar-refractivity contribution in [1.29, 1.82) is 0 Å². The number of carbonyl (C=O) groups is 2. The molecule has 42 heavy (non-hydrogen) atoms. The number of hydrogen-bond donors (Lipinski definition) is 2. The maximum absolute atomic E-state index is 13.8. The lowest BCUT2D eigenvalue weighted by Gasteiger charge is -2.35. The topological polar surface area (TPSA) is 119 Å². The summed E-state index contributed by atoms with van der Waals surface area (Å²) in [5.74, 6) is -0.326. The van der Waals surface area contributed by atoms with Gasteiger partial charge in [0, 0.05) is 51.9 Å². The summed E-state index contributed by atoms with van der Waals surface area (Å²) in [6.07, 6.45) is 11.5. The van der Waals surface area contributed by atoms with E-state index in [0.717, 1.165) is 70.0 Å². The van der Waals surface area contributed by atoms with Gasteiger partial charge in [-0.1, -0.05) is 68.6 Å². The molecule has 10 nitrogen and oxygen atoms in total. The smallest absolute Gasteiger partial charge is 0.303 e. The van der Waals surface area contributed by atoms with Gasteiger partial charge >= 0.3 is 5.97 Å². The fraction of sp³-hybridized carbons (Fsp3) is 0.567. The fourth-order valence-corrected chi connectivity index (χ4v) is 6.71. The summed E-state index contributed by atoms with van der Waals surface area (Å²) in [4.78, 5) is 49.0. The second-order valence-electron chi connectivity index (χ2n) is 10.9. The van der Waals surface area contributed by atoms with E-state index in [0.29, 0.717) is 52.4 Å². The van der Waals surface area contributed by atoms with Gasteiger partial charge in [0.15, 0.2) is 0 Å². The summed E-state index contributed by atoms with van der Waals surface area (Å²) in [5, 5.41) is 18.0. The number of carboxylic acids is 1. The van der Waals surface area contributed by atoms with Crippen molar-refractivity contribution in [1.82, 2.24) is 19.2 Å². The number of fused-ring (bicyclic) bond motifs is 1. The molecule has 1 amide bonds. The molecule has 0 spiro atoms. The normalized spacial score (nSPS) is 17.2. The molecule has 0 unspecified atom stereocenters. The molecular weight excluding hydrogens is 574 g/mol. The summed E-state index contributed by atoms with van der Waals surface area (Å²) in [5.41, 5.74) is 1.66. The van der Waals surface area contributed by atoms with Crippen molar-refractivity contribution in [2.75, 3.05) is 50.8 Å². The van der Waals surface area contributed by atoms with Crippen LogP contribution in [0.15, 0.2) is 28.0 Å². The van der Waals surface area contributed by atoms with Crippen LogP contribution in [-0.4, -0.2) is 91.5 Å². The molecule has 2 aliphatic rings. The van der Waals surface area contributed by atoms with Crippen LogP contribution < -0.4 is 10.5 Å². The number of hydrogen-bond acceptors (Lipinski definition) is 9. The first kappa shape index (κ1) is 32.1. The molecule has 2 saturated heterocycles. The standard InChI is InChI=1S/C30H41N5O5S2/c1-22-11-10-14-34-26(22)31-27(33-17-15-32(16-18-33)19-20-36)23(28(34)39)21-24-29(40)35(30(41)42-24)13-9-7-5-3-2-4-6-8-12-25(37)38/h10-11,14,21,36H,2-9,12-13,15-20H2,1H3,(H,37,38)/b24-21+. The van der Waals surface area contributed by atoms with Gasteiger partial charge in [-0.25, -0.2) is 4.98 Å². The number of β-amino-alcohol motifs (C(OH)–C–C–N with tert-alkyl or cyclic N) is 1. The van der Waals surface area contributed by atoms with Gasteiger partial charge in [-0.15, -0.1) is 0 Å². The van der Waals surface area contributed by atoms with Crippen LogP contribution in [0.1, 0.15) is 68.9 Å². The number of carbonyl (C=O) groups excluding carboxylic acids is 1. The Hall–Kier alpha value is -2.80. The van der Waals surface area contributed by atoms with Crippen molar-refractivity contribution in [3.05, 3.63) is 44.7 Å². The van der Waals surface area contributed by atoms with Crippen molar-refractivity contribution in [2.45, 2.75) is 64.7 Å². The van der Waals surface area contributed by atoms with Crippen LogP contribution in [-0.2, 0) is 9.59 Å². The average Bonchev–Trinajstić information content (AvgIpc) is 3.23. The number of anilines is 1. The molecule has 0 bridgehead atoms. The van der Waals surface area contributed by atoms with E-state index in [4.69, 9.17) is 22.3 Å². The third kappa shape index (κ3) is 8.18.